The highest BCUT2D eigenvalue weighted by molar-refractivity contribution is 5.66. The number of rotatable bonds is 0. The highest BCUT2D eigenvalue weighted by atomic mass is 16.3. The maximum absolute atomic E-state index is 8.88. The second kappa shape index (κ2) is 4.27. The van der Waals surface area contributed by atoms with Gasteiger partial charge in [-0.05, 0) is 6.07 Å². The smallest absolute Gasteiger partial charge is 0.142 e. The van der Waals surface area contributed by atoms with Crippen LogP contribution in [0.2, 0.25) is 0 Å². The van der Waals surface area contributed by atoms with Gasteiger partial charge < -0.3 is 32.6 Å². The van der Waals surface area contributed by atoms with Gasteiger partial charge in [-0.25, -0.2) is 0 Å². The lowest BCUT2D eigenvalue weighted by Crippen LogP contribution is -1.90. The van der Waals surface area contributed by atoms with Crippen molar-refractivity contribution in [3.8, 4) is 11.5 Å². The van der Waals surface area contributed by atoms with E-state index in [0.29, 0.717) is 0 Å². The summed E-state index contributed by atoms with van der Waals surface area (Å²) in [5.41, 5.74) is 10.8. The Morgan fingerprint density at radius 1 is 0.833 bits per heavy atom. The highest BCUT2D eigenvalue weighted by Gasteiger charge is 2.01. The summed E-state index contributed by atoms with van der Waals surface area (Å²) in [7, 11) is 0. The zero-order chi connectivity index (χ0) is 7.72. The maximum Gasteiger partial charge on any atom is 0.142 e. The van der Waals surface area contributed by atoms with Gasteiger partial charge in [0.15, 0.2) is 0 Å². The predicted octanol–water partition coefficient (Wildman–Crippen LogP) is -1.39. The lowest BCUT2D eigenvalue weighted by Gasteiger charge is -2.01. The topological polar surface area (TPSA) is 156 Å². The van der Waals surface area contributed by atoms with Gasteiger partial charge >= 0.3 is 0 Å². The molecule has 0 aliphatic rings. The van der Waals surface area contributed by atoms with Crippen molar-refractivity contribution < 1.29 is 21.2 Å². The maximum atomic E-state index is 8.88. The Hall–Kier alpha value is -1.66. The summed E-state index contributed by atoms with van der Waals surface area (Å²) in [6, 6.07) is 2.40. The van der Waals surface area contributed by atoms with Crippen LogP contribution in [0.15, 0.2) is 12.1 Å². The molecule has 6 heteroatoms. The molecule has 0 unspecified atom stereocenters. The van der Waals surface area contributed by atoms with Crippen LogP contribution in [-0.4, -0.2) is 21.2 Å². The number of nitrogen functional groups attached to an aromatic ring is 2. The van der Waals surface area contributed by atoms with Crippen LogP contribution in [0.5, 0.6) is 11.5 Å². The van der Waals surface area contributed by atoms with E-state index < -0.39 is 0 Å². The third kappa shape index (κ3) is 2.19. The van der Waals surface area contributed by atoms with Crippen LogP contribution in [0.25, 0.3) is 0 Å². The quantitative estimate of drug-likeness (QED) is 0.218. The summed E-state index contributed by atoms with van der Waals surface area (Å²) in [6.45, 7) is 0. The zero-order valence-electron chi connectivity index (χ0n) is 6.20. The molecule has 0 saturated heterocycles. The standard InChI is InChI=1S/C6H8N2O2.2H2O/c7-3-1-4(8)6(10)2-5(3)9;;/h1-2,9-10H,7-8H2;2*1H2. The normalized spacial score (nSPS) is 8.00. The molecule has 0 saturated carbocycles. The molecule has 0 aliphatic heterocycles. The van der Waals surface area contributed by atoms with Crippen molar-refractivity contribution in [2.24, 2.45) is 0 Å². The van der Waals surface area contributed by atoms with Gasteiger partial charge in [0.1, 0.15) is 11.5 Å². The monoisotopic (exact) mass is 176 g/mol. The van der Waals surface area contributed by atoms with Crippen molar-refractivity contribution in [1.82, 2.24) is 0 Å². The third-order valence-corrected chi connectivity index (χ3v) is 1.18. The number of aromatic hydroxyl groups is 2. The molecular formula is C6H12N2O4. The van der Waals surface area contributed by atoms with Crippen molar-refractivity contribution in [2.45, 2.75) is 0 Å². The predicted molar refractivity (Wildman–Crippen MR) is 45.8 cm³/mol. The van der Waals surface area contributed by atoms with E-state index in [-0.39, 0.29) is 33.8 Å². The SMILES string of the molecule is Nc1cc(N)c(O)cc1O.O.O. The van der Waals surface area contributed by atoms with Gasteiger partial charge in [0, 0.05) is 6.07 Å². The van der Waals surface area contributed by atoms with Crippen molar-refractivity contribution in [1.29, 1.82) is 0 Å². The molecule has 0 atom stereocenters. The van der Waals surface area contributed by atoms with E-state index in [1.807, 2.05) is 0 Å². The zero-order valence-corrected chi connectivity index (χ0v) is 6.20. The molecule has 0 fully saturated rings. The first-order valence-electron chi connectivity index (χ1n) is 2.68. The Balaban J connectivity index is 0. The van der Waals surface area contributed by atoms with Gasteiger partial charge in [0.05, 0.1) is 11.4 Å². The molecule has 0 bridgehead atoms. The second-order valence-corrected chi connectivity index (χ2v) is 1.97. The molecule has 1 aromatic rings. The van der Waals surface area contributed by atoms with Gasteiger partial charge in [-0.1, -0.05) is 0 Å². The number of phenolic OH excluding ortho intramolecular Hbond substituents is 2. The molecule has 10 N–H and O–H groups in total. The minimum atomic E-state index is -0.160. The van der Waals surface area contributed by atoms with Crippen molar-refractivity contribution in [3.05, 3.63) is 12.1 Å². The summed E-state index contributed by atoms with van der Waals surface area (Å²) in [5.74, 6) is -0.321. The molecular weight excluding hydrogens is 164 g/mol. The minimum absolute atomic E-state index is 0. The molecule has 0 aromatic heterocycles. The molecule has 0 aliphatic carbocycles. The first-order chi connectivity index (χ1) is 4.61. The van der Waals surface area contributed by atoms with E-state index in [0.717, 1.165) is 6.07 Å². The summed E-state index contributed by atoms with van der Waals surface area (Å²) in [4.78, 5) is 0. The molecule has 0 spiro atoms. The number of anilines is 2. The Kier molecular flexibility index (Phi) is 4.61. The molecule has 6 nitrogen and oxygen atoms in total. The molecule has 70 valence electrons. The van der Waals surface area contributed by atoms with Crippen molar-refractivity contribution in [3.63, 3.8) is 0 Å². The summed E-state index contributed by atoms with van der Waals surface area (Å²) < 4.78 is 0. The van der Waals surface area contributed by atoms with Gasteiger partial charge in [-0.2, -0.15) is 0 Å². The van der Waals surface area contributed by atoms with Crippen LogP contribution in [0.4, 0.5) is 11.4 Å². The van der Waals surface area contributed by atoms with Gasteiger partial charge in [0.25, 0.3) is 0 Å². The van der Waals surface area contributed by atoms with E-state index in [9.17, 15) is 0 Å². The van der Waals surface area contributed by atoms with Crippen LogP contribution >= 0.6 is 0 Å². The largest absolute Gasteiger partial charge is 0.506 e. The van der Waals surface area contributed by atoms with Crippen molar-refractivity contribution in [2.75, 3.05) is 11.5 Å². The molecule has 0 heterocycles. The van der Waals surface area contributed by atoms with Crippen LogP contribution < -0.4 is 11.5 Å². The molecule has 0 amide bonds. The Labute approximate surface area is 68.7 Å². The lowest BCUT2D eigenvalue weighted by molar-refractivity contribution is 0.454. The molecule has 1 rings (SSSR count). The third-order valence-electron chi connectivity index (χ3n) is 1.18. The average molecular weight is 176 g/mol. The summed E-state index contributed by atoms with van der Waals surface area (Å²) in [5, 5.41) is 17.8. The summed E-state index contributed by atoms with van der Waals surface area (Å²) in [6.07, 6.45) is 0. The van der Waals surface area contributed by atoms with E-state index in [4.69, 9.17) is 21.7 Å². The number of benzene rings is 1. The fraction of sp³-hybridized carbons (Fsp3) is 0. The number of nitrogens with two attached hydrogens (primary N) is 2. The van der Waals surface area contributed by atoms with Crippen LogP contribution in [0.1, 0.15) is 0 Å². The minimum Gasteiger partial charge on any atom is -0.506 e. The Bertz CT molecular complexity index is 214. The van der Waals surface area contributed by atoms with Crippen LogP contribution in [0.3, 0.4) is 0 Å². The first-order valence-corrected chi connectivity index (χ1v) is 2.68. The van der Waals surface area contributed by atoms with Crippen LogP contribution in [0, 0.1) is 0 Å². The van der Waals surface area contributed by atoms with Crippen LogP contribution in [-0.2, 0) is 0 Å². The fourth-order valence-electron chi connectivity index (χ4n) is 0.612. The molecule has 1 aromatic carbocycles. The van der Waals surface area contributed by atoms with E-state index in [1.54, 1.807) is 0 Å². The first kappa shape index (κ1) is 13.0. The Morgan fingerprint density at radius 3 is 1.42 bits per heavy atom. The number of phenols is 2. The van der Waals surface area contributed by atoms with E-state index in [1.165, 1.54) is 6.07 Å². The van der Waals surface area contributed by atoms with Gasteiger partial charge in [0.2, 0.25) is 0 Å². The van der Waals surface area contributed by atoms with Gasteiger partial charge in [-0.3, -0.25) is 0 Å². The molecule has 12 heavy (non-hydrogen) atoms. The average Bonchev–Trinajstić information content (AvgIpc) is 1.84. The fourth-order valence-corrected chi connectivity index (χ4v) is 0.612. The molecule has 0 radical (unpaired) electrons. The lowest BCUT2D eigenvalue weighted by atomic mass is 10.2. The van der Waals surface area contributed by atoms with E-state index >= 15 is 0 Å². The highest BCUT2D eigenvalue weighted by Crippen LogP contribution is 2.30. The van der Waals surface area contributed by atoms with E-state index in [2.05, 4.69) is 0 Å². The Morgan fingerprint density at radius 2 is 1.17 bits per heavy atom. The number of hydrogen-bond acceptors (Lipinski definition) is 4. The number of hydrogen-bond donors (Lipinski definition) is 4. The summed E-state index contributed by atoms with van der Waals surface area (Å²) >= 11 is 0. The second-order valence-electron chi connectivity index (χ2n) is 1.97. The van der Waals surface area contributed by atoms with Gasteiger partial charge in [-0.15, -0.1) is 0 Å². The van der Waals surface area contributed by atoms with Crippen molar-refractivity contribution >= 4 is 11.4 Å².